The molecular formula is C34H37N9. The van der Waals surface area contributed by atoms with Crippen LogP contribution in [0.2, 0.25) is 0 Å². The predicted molar refractivity (Wildman–Crippen MR) is 174 cm³/mol. The lowest BCUT2D eigenvalue weighted by molar-refractivity contribution is 0.0526. The first-order chi connectivity index (χ1) is 21.1. The van der Waals surface area contributed by atoms with Gasteiger partial charge in [-0.2, -0.15) is 0 Å². The van der Waals surface area contributed by atoms with Crippen molar-refractivity contribution in [2.45, 2.75) is 24.8 Å². The van der Waals surface area contributed by atoms with Gasteiger partial charge in [0.15, 0.2) is 0 Å². The highest BCUT2D eigenvalue weighted by Crippen LogP contribution is 2.42. The average molecular weight is 572 g/mol. The lowest BCUT2D eigenvalue weighted by atomic mass is 9.78. The molecule has 0 bridgehead atoms. The summed E-state index contributed by atoms with van der Waals surface area (Å²) in [6, 6.07) is 21.4. The second-order valence-corrected chi connectivity index (χ2v) is 11.5. The molecule has 0 amide bonds. The van der Waals surface area contributed by atoms with Crippen molar-refractivity contribution in [1.29, 1.82) is 0 Å². The van der Waals surface area contributed by atoms with Crippen LogP contribution in [-0.2, 0) is 0 Å². The second-order valence-electron chi connectivity index (χ2n) is 11.5. The van der Waals surface area contributed by atoms with Gasteiger partial charge in [-0.05, 0) is 31.7 Å². The summed E-state index contributed by atoms with van der Waals surface area (Å²) >= 11 is 0. The number of nitrogen functional groups attached to an aromatic ring is 1. The minimum Gasteiger partial charge on any atom is -0.389 e. The summed E-state index contributed by atoms with van der Waals surface area (Å²) in [7, 11) is 1.94. The molecule has 5 aromatic rings. The number of imidazole rings is 1. The summed E-state index contributed by atoms with van der Waals surface area (Å²) in [5.41, 5.74) is 13.3. The second kappa shape index (κ2) is 11.6. The zero-order valence-electron chi connectivity index (χ0n) is 24.5. The number of rotatable bonds is 8. The van der Waals surface area contributed by atoms with E-state index in [-0.39, 0.29) is 0 Å². The van der Waals surface area contributed by atoms with Gasteiger partial charge in [-0.1, -0.05) is 48.5 Å². The van der Waals surface area contributed by atoms with Crippen molar-refractivity contribution in [1.82, 2.24) is 34.5 Å². The van der Waals surface area contributed by atoms with E-state index >= 15 is 0 Å². The van der Waals surface area contributed by atoms with Crippen molar-refractivity contribution >= 4 is 29.0 Å². The third kappa shape index (κ3) is 5.26. The Morgan fingerprint density at radius 1 is 1.02 bits per heavy atom. The van der Waals surface area contributed by atoms with Crippen molar-refractivity contribution in [2.75, 3.05) is 45.5 Å². The Kier molecular flexibility index (Phi) is 7.34. The summed E-state index contributed by atoms with van der Waals surface area (Å²) in [6.45, 7) is 8.73. The predicted octanol–water partition coefficient (Wildman–Crippen LogP) is 4.82. The molecule has 4 heterocycles. The number of fused-ring (bicyclic) bond motifs is 2. The largest absolute Gasteiger partial charge is 0.389 e. The van der Waals surface area contributed by atoms with E-state index in [1.807, 2.05) is 37.6 Å². The molecule has 2 aromatic carbocycles. The lowest BCUT2D eigenvalue weighted by Gasteiger charge is -2.46. The van der Waals surface area contributed by atoms with Crippen molar-refractivity contribution in [2.24, 2.45) is 4.99 Å². The first-order valence-electron chi connectivity index (χ1n) is 15.0. The van der Waals surface area contributed by atoms with Crippen LogP contribution < -0.4 is 11.1 Å². The van der Waals surface area contributed by atoms with Crippen LogP contribution in [-0.4, -0.2) is 81.7 Å². The first kappa shape index (κ1) is 27.2. The van der Waals surface area contributed by atoms with Gasteiger partial charge in [-0.25, -0.2) is 15.0 Å². The van der Waals surface area contributed by atoms with Gasteiger partial charge in [0.25, 0.3) is 0 Å². The molecule has 1 saturated carbocycles. The fourth-order valence-electron chi connectivity index (χ4n) is 6.53. The summed E-state index contributed by atoms with van der Waals surface area (Å²) in [5, 5.41) is 4.32. The van der Waals surface area contributed by atoms with Gasteiger partial charge in [-0.15, -0.1) is 0 Å². The third-order valence-corrected chi connectivity index (χ3v) is 9.01. The molecule has 1 aliphatic carbocycles. The number of aliphatic imine (C=N–C) groups is 1. The minimum atomic E-state index is 0.381. The fourth-order valence-corrected chi connectivity index (χ4v) is 6.53. The normalized spacial score (nSPS) is 19.9. The molecule has 3 N–H and O–H groups in total. The number of likely N-dealkylation sites (N-methyl/N-ethyl adjacent to an activating group) is 1. The van der Waals surface area contributed by atoms with Gasteiger partial charge in [0.05, 0.1) is 11.2 Å². The van der Waals surface area contributed by atoms with Crippen LogP contribution in [0, 0.1) is 0 Å². The third-order valence-electron chi connectivity index (χ3n) is 9.01. The Morgan fingerprint density at radius 3 is 2.58 bits per heavy atom. The van der Waals surface area contributed by atoms with E-state index in [9.17, 15) is 0 Å². The molecule has 2 aliphatic rings. The zero-order chi connectivity index (χ0) is 29.3. The molecule has 1 saturated heterocycles. The standard InChI is InChI=1S/C34H37N9/c1-36-21-27(37-2)22-41-14-16-42(17-15-41)28-18-26(19-28)34-40-31(32-33(35)38-12-13-43(32)34)25-9-8-24-10-11-29(39-30(24)20-25)23-6-4-3-5-7-23/h3-13,20-21,26,28,37H,1,14-19,22H2,2H3,(H2,35,38)/b27-21-/t26-,28+. The summed E-state index contributed by atoms with van der Waals surface area (Å²) in [5.74, 6) is 1.95. The molecule has 9 heteroatoms. The van der Waals surface area contributed by atoms with Gasteiger partial charge in [-0.3, -0.25) is 19.2 Å². The van der Waals surface area contributed by atoms with Gasteiger partial charge in [0.1, 0.15) is 22.9 Å². The number of nitrogens with one attached hydrogen (secondary N) is 1. The van der Waals surface area contributed by atoms with Gasteiger partial charge in [0.2, 0.25) is 0 Å². The minimum absolute atomic E-state index is 0.381. The SMILES string of the molecule is C=N/C=C(/CN1CCN([C@H]2C[C@@H](c3nc(-c4ccc5ccc(-c6ccccc6)nc5c4)c4c(N)nccn43)C2)CC1)NC. The summed E-state index contributed by atoms with van der Waals surface area (Å²) in [4.78, 5) is 23.7. The maximum Gasteiger partial charge on any atom is 0.150 e. The van der Waals surface area contributed by atoms with Gasteiger partial charge in [0, 0.05) is 92.5 Å². The van der Waals surface area contributed by atoms with E-state index in [2.05, 4.69) is 78.7 Å². The summed E-state index contributed by atoms with van der Waals surface area (Å²) < 4.78 is 2.16. The number of pyridine rings is 1. The Morgan fingerprint density at radius 2 is 1.81 bits per heavy atom. The van der Waals surface area contributed by atoms with Crippen LogP contribution in [0.1, 0.15) is 24.6 Å². The Bertz CT molecular complexity index is 1800. The molecule has 3 aromatic heterocycles. The molecule has 9 nitrogen and oxygen atoms in total. The molecule has 218 valence electrons. The molecule has 1 aliphatic heterocycles. The van der Waals surface area contributed by atoms with E-state index in [0.29, 0.717) is 17.8 Å². The monoisotopic (exact) mass is 571 g/mol. The number of hydrogen-bond donors (Lipinski definition) is 2. The van der Waals surface area contributed by atoms with Crippen molar-refractivity contribution < 1.29 is 0 Å². The van der Waals surface area contributed by atoms with E-state index in [1.54, 1.807) is 6.20 Å². The Labute approximate surface area is 251 Å². The van der Waals surface area contributed by atoms with Crippen LogP contribution in [0.15, 0.2) is 89.9 Å². The lowest BCUT2D eigenvalue weighted by Crippen LogP contribution is -2.54. The van der Waals surface area contributed by atoms with Crippen LogP contribution in [0.3, 0.4) is 0 Å². The molecule has 0 unspecified atom stereocenters. The molecule has 43 heavy (non-hydrogen) atoms. The highest BCUT2D eigenvalue weighted by molar-refractivity contribution is 5.91. The molecule has 7 rings (SSSR count). The number of piperazine rings is 1. The number of hydrogen-bond acceptors (Lipinski definition) is 8. The van der Waals surface area contributed by atoms with Crippen molar-refractivity contribution in [3.63, 3.8) is 0 Å². The number of nitrogens with two attached hydrogens (primary N) is 1. The Hall–Kier alpha value is -4.60. The molecule has 0 radical (unpaired) electrons. The molecule has 0 spiro atoms. The van der Waals surface area contributed by atoms with E-state index < -0.39 is 0 Å². The van der Waals surface area contributed by atoms with Crippen molar-refractivity contribution in [3.05, 3.63) is 90.8 Å². The van der Waals surface area contributed by atoms with Crippen LogP contribution in [0.4, 0.5) is 5.82 Å². The van der Waals surface area contributed by atoms with Gasteiger partial charge >= 0.3 is 0 Å². The quantitative estimate of drug-likeness (QED) is 0.258. The smallest absolute Gasteiger partial charge is 0.150 e. The van der Waals surface area contributed by atoms with E-state index in [1.165, 1.54) is 0 Å². The topological polar surface area (TPSA) is 100.0 Å². The number of anilines is 1. The maximum absolute atomic E-state index is 6.48. The number of aromatic nitrogens is 4. The highest BCUT2D eigenvalue weighted by Gasteiger charge is 2.38. The highest BCUT2D eigenvalue weighted by atomic mass is 15.3. The Balaban J connectivity index is 1.11. The number of benzene rings is 2. The average Bonchev–Trinajstić information content (AvgIpc) is 3.41. The van der Waals surface area contributed by atoms with Crippen LogP contribution >= 0.6 is 0 Å². The molecule has 0 atom stereocenters. The van der Waals surface area contributed by atoms with E-state index in [0.717, 1.165) is 96.0 Å². The zero-order valence-corrected chi connectivity index (χ0v) is 24.5. The molecule has 2 fully saturated rings. The maximum atomic E-state index is 6.48. The molecular weight excluding hydrogens is 534 g/mol. The van der Waals surface area contributed by atoms with Gasteiger partial charge < -0.3 is 11.1 Å². The van der Waals surface area contributed by atoms with Crippen molar-refractivity contribution in [3.8, 4) is 22.5 Å². The van der Waals surface area contributed by atoms with Crippen LogP contribution in [0.5, 0.6) is 0 Å². The number of nitrogens with zero attached hydrogens (tertiary/aromatic N) is 7. The summed E-state index contributed by atoms with van der Waals surface area (Å²) in [6.07, 6.45) is 7.79. The van der Waals surface area contributed by atoms with Crippen LogP contribution in [0.25, 0.3) is 38.9 Å². The first-order valence-corrected chi connectivity index (χ1v) is 15.0. The fraction of sp³-hybridized carbons (Fsp3) is 0.294. The van der Waals surface area contributed by atoms with E-state index in [4.69, 9.17) is 15.7 Å².